The van der Waals surface area contributed by atoms with E-state index in [1.54, 1.807) is 0 Å². The van der Waals surface area contributed by atoms with Crippen molar-refractivity contribution < 1.29 is 4.79 Å². The predicted molar refractivity (Wildman–Crippen MR) is 43.9 cm³/mol. The van der Waals surface area contributed by atoms with E-state index in [-0.39, 0.29) is 5.92 Å². The Labute approximate surface area is 63.8 Å². The van der Waals surface area contributed by atoms with Crippen molar-refractivity contribution in [3.63, 3.8) is 0 Å². The van der Waals surface area contributed by atoms with Gasteiger partial charge in [0.05, 0.1) is 0 Å². The molecule has 0 aromatic rings. The number of rotatable bonds is 4. The van der Waals surface area contributed by atoms with Crippen molar-refractivity contribution in [2.24, 2.45) is 11.8 Å². The van der Waals surface area contributed by atoms with Gasteiger partial charge in [-0.15, -0.1) is 0 Å². The lowest BCUT2D eigenvalue weighted by Gasteiger charge is -2.10. The fraction of sp³-hybridized carbons (Fsp3) is 0.889. The molecule has 0 rings (SSSR count). The first kappa shape index (κ1) is 9.67. The number of carbonyl (C=O) groups excluding carboxylic acids is 1. The Morgan fingerprint density at radius 1 is 1.30 bits per heavy atom. The molecule has 1 atom stereocenters. The van der Waals surface area contributed by atoms with Gasteiger partial charge in [-0.2, -0.15) is 0 Å². The number of hydrogen-bond acceptors (Lipinski definition) is 1. The summed E-state index contributed by atoms with van der Waals surface area (Å²) in [6, 6.07) is 0. The van der Waals surface area contributed by atoms with E-state index in [0.717, 1.165) is 6.42 Å². The van der Waals surface area contributed by atoms with E-state index in [9.17, 15) is 4.79 Å². The van der Waals surface area contributed by atoms with E-state index in [1.165, 1.54) is 0 Å². The highest BCUT2D eigenvalue weighted by Crippen LogP contribution is 2.12. The molecule has 0 aliphatic carbocycles. The van der Waals surface area contributed by atoms with Gasteiger partial charge in [-0.1, -0.05) is 27.7 Å². The van der Waals surface area contributed by atoms with Crippen LogP contribution < -0.4 is 0 Å². The van der Waals surface area contributed by atoms with Crippen molar-refractivity contribution in [2.45, 2.75) is 40.5 Å². The summed E-state index contributed by atoms with van der Waals surface area (Å²) >= 11 is 0. The molecule has 0 fully saturated rings. The lowest BCUT2D eigenvalue weighted by molar-refractivity contribution is -0.122. The fourth-order valence-corrected chi connectivity index (χ4v) is 1.19. The smallest absolute Gasteiger partial charge is 0.135 e. The molecule has 0 spiro atoms. The van der Waals surface area contributed by atoms with E-state index in [1.807, 2.05) is 13.8 Å². The molecule has 1 heteroatoms. The third kappa shape index (κ3) is 3.65. The van der Waals surface area contributed by atoms with Gasteiger partial charge in [0, 0.05) is 12.3 Å². The van der Waals surface area contributed by atoms with Gasteiger partial charge in [0.15, 0.2) is 0 Å². The van der Waals surface area contributed by atoms with Gasteiger partial charge in [0.1, 0.15) is 5.78 Å². The first-order chi connectivity index (χ1) is 4.57. The van der Waals surface area contributed by atoms with Crippen LogP contribution in [0.2, 0.25) is 0 Å². The molecule has 60 valence electrons. The first-order valence-corrected chi connectivity index (χ1v) is 4.10. The van der Waals surface area contributed by atoms with Crippen LogP contribution >= 0.6 is 0 Å². The molecule has 0 aromatic carbocycles. The Kier molecular flexibility index (Phi) is 4.33. The maximum absolute atomic E-state index is 11.0. The molecule has 1 nitrogen and oxygen atoms in total. The lowest BCUT2D eigenvalue weighted by atomic mass is 9.94. The van der Waals surface area contributed by atoms with Crippen molar-refractivity contribution in [3.05, 3.63) is 0 Å². The zero-order valence-corrected chi connectivity index (χ0v) is 7.48. The van der Waals surface area contributed by atoms with Crippen LogP contribution in [0.5, 0.6) is 0 Å². The Balaban J connectivity index is 3.61. The molecule has 0 bridgehead atoms. The molecule has 0 aliphatic heterocycles. The minimum atomic E-state index is 0.269. The standard InChI is InChI=1S/C9H18O/c1-5-9(10)8(4)6-7(2)3/h7-8H,5-6H2,1-4H3/t8-/m0/s1. The van der Waals surface area contributed by atoms with Gasteiger partial charge in [-0.25, -0.2) is 0 Å². The molecule has 0 amide bonds. The number of carbonyl (C=O) groups is 1. The largest absolute Gasteiger partial charge is 0.299 e. The van der Waals surface area contributed by atoms with E-state index >= 15 is 0 Å². The summed E-state index contributed by atoms with van der Waals surface area (Å²) in [7, 11) is 0. The third-order valence-electron chi connectivity index (χ3n) is 1.72. The second-order valence-electron chi connectivity index (χ2n) is 3.35. The zero-order valence-electron chi connectivity index (χ0n) is 7.48. The van der Waals surface area contributed by atoms with Gasteiger partial charge in [-0.3, -0.25) is 4.79 Å². The van der Waals surface area contributed by atoms with E-state index in [2.05, 4.69) is 13.8 Å². The molecule has 0 saturated carbocycles. The van der Waals surface area contributed by atoms with Gasteiger partial charge < -0.3 is 0 Å². The van der Waals surface area contributed by atoms with E-state index in [4.69, 9.17) is 0 Å². The van der Waals surface area contributed by atoms with E-state index < -0.39 is 0 Å². The molecule has 0 N–H and O–H groups in total. The van der Waals surface area contributed by atoms with Crippen LogP contribution in [-0.2, 0) is 4.79 Å². The maximum atomic E-state index is 11.0. The van der Waals surface area contributed by atoms with Crippen LogP contribution in [0.4, 0.5) is 0 Å². The quantitative estimate of drug-likeness (QED) is 0.589. The number of ketones is 1. The van der Waals surface area contributed by atoms with Gasteiger partial charge in [0.2, 0.25) is 0 Å². The van der Waals surface area contributed by atoms with Crippen molar-refractivity contribution >= 4 is 5.78 Å². The Hall–Kier alpha value is -0.330. The number of hydrogen-bond donors (Lipinski definition) is 0. The summed E-state index contributed by atoms with van der Waals surface area (Å²) in [6.07, 6.45) is 1.72. The summed E-state index contributed by atoms with van der Waals surface area (Å²) < 4.78 is 0. The fourth-order valence-electron chi connectivity index (χ4n) is 1.19. The molecule has 0 unspecified atom stereocenters. The molecule has 0 heterocycles. The van der Waals surface area contributed by atoms with Crippen molar-refractivity contribution in [2.75, 3.05) is 0 Å². The van der Waals surface area contributed by atoms with Crippen LogP contribution in [-0.4, -0.2) is 5.78 Å². The molecule has 0 saturated heterocycles. The SMILES string of the molecule is CCC(=O)[C@@H](C)CC(C)C. The molecule has 0 radical (unpaired) electrons. The Morgan fingerprint density at radius 2 is 1.80 bits per heavy atom. The summed E-state index contributed by atoms with van der Waals surface area (Å²) in [6.45, 7) is 8.25. The monoisotopic (exact) mass is 142 g/mol. The van der Waals surface area contributed by atoms with Gasteiger partial charge in [-0.05, 0) is 12.3 Å². The third-order valence-corrected chi connectivity index (χ3v) is 1.72. The zero-order chi connectivity index (χ0) is 8.15. The minimum Gasteiger partial charge on any atom is -0.299 e. The van der Waals surface area contributed by atoms with Gasteiger partial charge in [0.25, 0.3) is 0 Å². The number of Topliss-reactive ketones (excluding diaryl/α,β-unsaturated/α-hetero) is 1. The van der Waals surface area contributed by atoms with E-state index in [0.29, 0.717) is 18.1 Å². The van der Waals surface area contributed by atoms with Gasteiger partial charge >= 0.3 is 0 Å². The second kappa shape index (κ2) is 4.48. The first-order valence-electron chi connectivity index (χ1n) is 4.10. The van der Waals surface area contributed by atoms with Crippen LogP contribution in [0.25, 0.3) is 0 Å². The van der Waals surface area contributed by atoms with Crippen LogP contribution in [0.15, 0.2) is 0 Å². The average molecular weight is 142 g/mol. The molecule has 10 heavy (non-hydrogen) atoms. The predicted octanol–water partition coefficient (Wildman–Crippen LogP) is 2.65. The lowest BCUT2D eigenvalue weighted by Crippen LogP contribution is -2.11. The van der Waals surface area contributed by atoms with Crippen molar-refractivity contribution in [1.82, 2.24) is 0 Å². The molecular formula is C9H18O. The molecule has 0 aromatic heterocycles. The molecule has 0 aliphatic rings. The Bertz CT molecular complexity index is 105. The van der Waals surface area contributed by atoms with Crippen molar-refractivity contribution in [1.29, 1.82) is 0 Å². The normalized spacial score (nSPS) is 13.7. The highest BCUT2D eigenvalue weighted by atomic mass is 16.1. The van der Waals surface area contributed by atoms with Crippen molar-refractivity contribution in [3.8, 4) is 0 Å². The van der Waals surface area contributed by atoms with Crippen LogP contribution in [0.1, 0.15) is 40.5 Å². The summed E-state index contributed by atoms with van der Waals surface area (Å²) in [5, 5.41) is 0. The summed E-state index contributed by atoms with van der Waals surface area (Å²) in [5.41, 5.74) is 0. The average Bonchev–Trinajstić information content (AvgIpc) is 1.85. The highest BCUT2D eigenvalue weighted by molar-refractivity contribution is 5.80. The minimum absolute atomic E-state index is 0.269. The maximum Gasteiger partial charge on any atom is 0.135 e. The highest BCUT2D eigenvalue weighted by Gasteiger charge is 2.11. The summed E-state index contributed by atoms with van der Waals surface area (Å²) in [4.78, 5) is 11.0. The molecular weight excluding hydrogens is 124 g/mol. The summed E-state index contributed by atoms with van der Waals surface area (Å²) in [5.74, 6) is 1.31. The Morgan fingerprint density at radius 3 is 2.10 bits per heavy atom. The topological polar surface area (TPSA) is 17.1 Å². The van der Waals surface area contributed by atoms with Crippen LogP contribution in [0, 0.1) is 11.8 Å². The second-order valence-corrected chi connectivity index (χ2v) is 3.35. The van der Waals surface area contributed by atoms with Crippen LogP contribution in [0.3, 0.4) is 0 Å².